The number of nitrogens with zero attached hydrogens (tertiary/aromatic N) is 1. The van der Waals surface area contributed by atoms with Crippen molar-refractivity contribution >= 4 is 10.0 Å². The van der Waals surface area contributed by atoms with E-state index in [2.05, 4.69) is 0 Å². The summed E-state index contributed by atoms with van der Waals surface area (Å²) >= 11 is 0. The van der Waals surface area contributed by atoms with E-state index >= 15 is 0 Å². The Kier molecular flexibility index (Phi) is 4.91. The third kappa shape index (κ3) is 3.75. The zero-order valence-corrected chi connectivity index (χ0v) is 13.7. The fraction of sp³-hybridized carbons (Fsp3) is 0.600. The smallest absolute Gasteiger partial charge is 0.243 e. The van der Waals surface area contributed by atoms with Gasteiger partial charge in [0, 0.05) is 19.1 Å². The number of rotatable bonds is 4. The van der Waals surface area contributed by atoms with Crippen LogP contribution in [0.5, 0.6) is 5.75 Å². The molecular weight excluding hydrogens is 288 g/mol. The summed E-state index contributed by atoms with van der Waals surface area (Å²) in [5, 5.41) is 0. The monoisotopic (exact) mass is 312 g/mol. The first-order chi connectivity index (χ1) is 9.80. The summed E-state index contributed by atoms with van der Waals surface area (Å²) in [6, 6.07) is 4.94. The summed E-state index contributed by atoms with van der Waals surface area (Å²) < 4.78 is 32.4. The normalized spacial score (nSPS) is 20.7. The second-order valence-electron chi connectivity index (χ2n) is 5.86. The first-order valence-corrected chi connectivity index (χ1v) is 8.77. The van der Waals surface area contributed by atoms with E-state index in [1.165, 1.54) is 4.31 Å². The van der Waals surface area contributed by atoms with Crippen LogP contribution in [0, 0.1) is 6.92 Å². The molecule has 5 nitrogen and oxygen atoms in total. The van der Waals surface area contributed by atoms with Gasteiger partial charge in [0.1, 0.15) is 5.75 Å². The maximum absolute atomic E-state index is 12.6. The van der Waals surface area contributed by atoms with E-state index in [1.54, 1.807) is 18.2 Å². The summed E-state index contributed by atoms with van der Waals surface area (Å²) in [7, 11) is -3.46. The van der Waals surface area contributed by atoms with Gasteiger partial charge in [0.2, 0.25) is 10.0 Å². The summed E-state index contributed by atoms with van der Waals surface area (Å²) in [6.45, 7) is 6.68. The molecule has 21 heavy (non-hydrogen) atoms. The first kappa shape index (κ1) is 16.3. The van der Waals surface area contributed by atoms with Crippen molar-refractivity contribution < 1.29 is 13.2 Å². The molecular formula is C15H24N2O3S. The van der Waals surface area contributed by atoms with E-state index in [0.717, 1.165) is 24.2 Å². The van der Waals surface area contributed by atoms with Crippen molar-refractivity contribution in [3.63, 3.8) is 0 Å². The largest absolute Gasteiger partial charge is 0.491 e. The van der Waals surface area contributed by atoms with Gasteiger partial charge in [-0.15, -0.1) is 0 Å². The lowest BCUT2D eigenvalue weighted by molar-refractivity contribution is 0.240. The molecule has 1 atom stereocenters. The lowest BCUT2D eigenvalue weighted by Crippen LogP contribution is -2.45. The van der Waals surface area contributed by atoms with Crippen LogP contribution in [0.4, 0.5) is 0 Å². The van der Waals surface area contributed by atoms with Gasteiger partial charge in [0.15, 0.2) is 0 Å². The van der Waals surface area contributed by atoms with E-state index in [9.17, 15) is 8.42 Å². The second-order valence-corrected chi connectivity index (χ2v) is 7.80. The van der Waals surface area contributed by atoms with Gasteiger partial charge in [-0.25, -0.2) is 8.42 Å². The maximum atomic E-state index is 12.6. The molecule has 118 valence electrons. The predicted molar refractivity (Wildman–Crippen MR) is 82.9 cm³/mol. The highest BCUT2D eigenvalue weighted by Crippen LogP contribution is 2.26. The number of aryl methyl sites for hydroxylation is 1. The molecule has 1 saturated heterocycles. The van der Waals surface area contributed by atoms with Gasteiger partial charge in [0.25, 0.3) is 0 Å². The Morgan fingerprint density at radius 1 is 1.38 bits per heavy atom. The van der Waals surface area contributed by atoms with Crippen molar-refractivity contribution in [2.75, 3.05) is 13.1 Å². The molecule has 1 fully saturated rings. The maximum Gasteiger partial charge on any atom is 0.243 e. The number of hydrogen-bond acceptors (Lipinski definition) is 4. The van der Waals surface area contributed by atoms with Crippen LogP contribution in [0.3, 0.4) is 0 Å². The van der Waals surface area contributed by atoms with Crippen molar-refractivity contribution in [2.45, 2.75) is 50.7 Å². The van der Waals surface area contributed by atoms with Crippen LogP contribution < -0.4 is 10.5 Å². The second kappa shape index (κ2) is 6.34. The minimum atomic E-state index is -3.46. The Morgan fingerprint density at radius 3 is 2.67 bits per heavy atom. The number of sulfonamides is 1. The SMILES string of the molecule is Cc1cc(S(=O)(=O)N2CCC[C@H](N)C2)ccc1OC(C)C. The molecule has 0 saturated carbocycles. The number of ether oxygens (including phenoxy) is 1. The minimum absolute atomic E-state index is 0.0613. The molecule has 0 unspecified atom stereocenters. The van der Waals surface area contributed by atoms with Gasteiger partial charge in [-0.2, -0.15) is 4.31 Å². The van der Waals surface area contributed by atoms with Crippen LogP contribution in [-0.2, 0) is 10.0 Å². The van der Waals surface area contributed by atoms with Crippen LogP contribution in [-0.4, -0.2) is 38.0 Å². The summed E-state index contributed by atoms with van der Waals surface area (Å²) in [5.41, 5.74) is 6.71. The van der Waals surface area contributed by atoms with E-state index in [1.807, 2.05) is 20.8 Å². The molecule has 2 N–H and O–H groups in total. The summed E-state index contributed by atoms with van der Waals surface area (Å²) in [6.07, 6.45) is 1.76. The van der Waals surface area contributed by atoms with Crippen LogP contribution >= 0.6 is 0 Å². The highest BCUT2D eigenvalue weighted by Gasteiger charge is 2.29. The number of nitrogens with two attached hydrogens (primary N) is 1. The molecule has 1 heterocycles. The van der Waals surface area contributed by atoms with E-state index in [4.69, 9.17) is 10.5 Å². The molecule has 0 spiro atoms. The Balaban J connectivity index is 2.26. The highest BCUT2D eigenvalue weighted by atomic mass is 32.2. The van der Waals surface area contributed by atoms with Gasteiger partial charge in [-0.1, -0.05) is 0 Å². The number of hydrogen-bond donors (Lipinski definition) is 1. The summed E-state index contributed by atoms with van der Waals surface area (Å²) in [4.78, 5) is 0.310. The standard InChI is InChI=1S/C15H24N2O3S/c1-11(2)20-15-7-6-14(9-12(15)3)21(18,19)17-8-4-5-13(16)10-17/h6-7,9,11,13H,4-5,8,10,16H2,1-3H3/t13-/m0/s1. The first-order valence-electron chi connectivity index (χ1n) is 7.33. The summed E-state index contributed by atoms with van der Waals surface area (Å²) in [5.74, 6) is 0.722. The average Bonchev–Trinajstić information content (AvgIpc) is 2.40. The van der Waals surface area contributed by atoms with Crippen LogP contribution in [0.2, 0.25) is 0 Å². The van der Waals surface area contributed by atoms with Gasteiger partial charge in [-0.3, -0.25) is 0 Å². The molecule has 0 aliphatic carbocycles. The van der Waals surface area contributed by atoms with Crippen molar-refractivity contribution in [3.8, 4) is 5.75 Å². The van der Waals surface area contributed by atoms with Gasteiger partial charge >= 0.3 is 0 Å². The topological polar surface area (TPSA) is 72.6 Å². The molecule has 0 aromatic heterocycles. The molecule has 0 bridgehead atoms. The predicted octanol–water partition coefficient (Wildman–Crippen LogP) is 1.89. The lowest BCUT2D eigenvalue weighted by Gasteiger charge is -2.30. The fourth-order valence-electron chi connectivity index (χ4n) is 2.51. The van der Waals surface area contributed by atoms with Crippen molar-refractivity contribution in [3.05, 3.63) is 23.8 Å². The molecule has 1 aliphatic heterocycles. The molecule has 0 radical (unpaired) electrons. The Bertz CT molecular complexity index is 599. The third-order valence-corrected chi connectivity index (χ3v) is 5.43. The van der Waals surface area contributed by atoms with Crippen LogP contribution in [0.15, 0.2) is 23.1 Å². The van der Waals surface area contributed by atoms with Crippen LogP contribution in [0.1, 0.15) is 32.3 Å². The molecule has 1 aromatic rings. The van der Waals surface area contributed by atoms with Gasteiger partial charge < -0.3 is 10.5 Å². The van der Waals surface area contributed by atoms with Gasteiger partial charge in [0.05, 0.1) is 11.0 Å². The lowest BCUT2D eigenvalue weighted by atomic mass is 10.1. The Hall–Kier alpha value is -1.11. The molecule has 6 heteroatoms. The number of piperidine rings is 1. The van der Waals surface area contributed by atoms with Crippen LogP contribution in [0.25, 0.3) is 0 Å². The molecule has 1 aromatic carbocycles. The Labute approximate surface area is 127 Å². The van der Waals surface area contributed by atoms with E-state index < -0.39 is 10.0 Å². The zero-order valence-electron chi connectivity index (χ0n) is 12.9. The highest BCUT2D eigenvalue weighted by molar-refractivity contribution is 7.89. The van der Waals surface area contributed by atoms with Crippen molar-refractivity contribution in [1.29, 1.82) is 0 Å². The zero-order chi connectivity index (χ0) is 15.6. The van der Waals surface area contributed by atoms with E-state index in [-0.39, 0.29) is 12.1 Å². The number of benzene rings is 1. The average molecular weight is 312 g/mol. The Morgan fingerprint density at radius 2 is 2.10 bits per heavy atom. The molecule has 0 amide bonds. The fourth-order valence-corrected chi connectivity index (χ4v) is 4.13. The third-order valence-electron chi connectivity index (χ3n) is 3.57. The van der Waals surface area contributed by atoms with Gasteiger partial charge in [-0.05, 0) is 57.4 Å². The quantitative estimate of drug-likeness (QED) is 0.921. The minimum Gasteiger partial charge on any atom is -0.491 e. The molecule has 1 aliphatic rings. The molecule has 2 rings (SSSR count). The van der Waals surface area contributed by atoms with Crippen molar-refractivity contribution in [1.82, 2.24) is 4.31 Å². The van der Waals surface area contributed by atoms with Crippen molar-refractivity contribution in [2.24, 2.45) is 5.73 Å². The van der Waals surface area contributed by atoms with E-state index in [0.29, 0.717) is 18.0 Å².